The number of nitrogens with one attached hydrogen (secondary N) is 1. The fourth-order valence-electron chi connectivity index (χ4n) is 3.39. The molecule has 0 bridgehead atoms. The Balaban J connectivity index is 1.33. The number of anilines is 1. The van der Waals surface area contributed by atoms with Gasteiger partial charge in [0.2, 0.25) is 0 Å². The maximum Gasteiger partial charge on any atom is 0.262 e. The quantitative estimate of drug-likeness (QED) is 0.285. The van der Waals surface area contributed by atoms with Gasteiger partial charge in [-0.3, -0.25) is 4.79 Å². The van der Waals surface area contributed by atoms with E-state index >= 15 is 0 Å². The lowest BCUT2D eigenvalue weighted by Crippen LogP contribution is -2.20. The fourth-order valence-corrected chi connectivity index (χ4v) is 4.96. The zero-order valence-corrected chi connectivity index (χ0v) is 19.0. The van der Waals surface area contributed by atoms with Crippen molar-refractivity contribution in [2.45, 2.75) is 0 Å². The van der Waals surface area contributed by atoms with Crippen LogP contribution in [0.2, 0.25) is 10.0 Å². The number of carbonyl (C=O) groups excluding carboxylic acids is 1. The lowest BCUT2D eigenvalue weighted by atomic mass is 10.1. The van der Waals surface area contributed by atoms with Crippen molar-refractivity contribution >= 4 is 67.1 Å². The van der Waals surface area contributed by atoms with Crippen molar-refractivity contribution in [3.8, 4) is 16.3 Å². The van der Waals surface area contributed by atoms with Crippen molar-refractivity contribution in [1.82, 2.24) is 4.98 Å². The number of aromatic nitrogens is 1. The second-order valence-electron chi connectivity index (χ2n) is 7.14. The highest BCUT2D eigenvalue weighted by molar-refractivity contribution is 7.21. The molecule has 1 N–H and O–H groups in total. The Morgan fingerprint density at radius 3 is 2.53 bits per heavy atom. The zero-order valence-electron chi connectivity index (χ0n) is 16.6. The van der Waals surface area contributed by atoms with Crippen molar-refractivity contribution in [3.63, 3.8) is 0 Å². The van der Waals surface area contributed by atoms with Gasteiger partial charge in [-0.25, -0.2) is 4.98 Å². The van der Waals surface area contributed by atoms with Crippen molar-refractivity contribution in [3.05, 3.63) is 88.9 Å². The molecule has 1 amide bonds. The smallest absolute Gasteiger partial charge is 0.262 e. The minimum absolute atomic E-state index is 0.145. The molecule has 4 aromatic carbocycles. The number of rotatable bonds is 5. The van der Waals surface area contributed by atoms with E-state index in [1.165, 1.54) is 11.3 Å². The van der Waals surface area contributed by atoms with E-state index in [1.54, 1.807) is 12.1 Å². The molecule has 0 aliphatic rings. The molecule has 32 heavy (non-hydrogen) atoms. The summed E-state index contributed by atoms with van der Waals surface area (Å²) in [7, 11) is 0. The Hall–Kier alpha value is -3.12. The number of halogens is 2. The Morgan fingerprint density at radius 1 is 0.906 bits per heavy atom. The van der Waals surface area contributed by atoms with Gasteiger partial charge in [0, 0.05) is 5.56 Å². The number of thiazole rings is 1. The predicted molar refractivity (Wildman–Crippen MR) is 133 cm³/mol. The average molecular weight is 479 g/mol. The second-order valence-corrected chi connectivity index (χ2v) is 8.99. The van der Waals surface area contributed by atoms with Gasteiger partial charge in [-0.1, -0.05) is 65.7 Å². The third kappa shape index (κ3) is 4.28. The van der Waals surface area contributed by atoms with Crippen LogP contribution in [-0.4, -0.2) is 17.5 Å². The molecule has 0 aliphatic carbocycles. The highest BCUT2D eigenvalue weighted by atomic mass is 35.5. The second kappa shape index (κ2) is 8.79. The molecule has 0 aliphatic heterocycles. The number of para-hydroxylation sites is 1. The number of ether oxygens (including phenoxy) is 1. The number of carbonyl (C=O) groups is 1. The van der Waals surface area contributed by atoms with Crippen LogP contribution in [0.25, 0.3) is 31.6 Å². The van der Waals surface area contributed by atoms with Gasteiger partial charge in [0.25, 0.3) is 5.91 Å². The minimum atomic E-state index is -0.322. The number of hydrogen-bond acceptors (Lipinski definition) is 4. The lowest BCUT2D eigenvalue weighted by Gasteiger charge is -2.11. The summed E-state index contributed by atoms with van der Waals surface area (Å²) < 4.78 is 6.73. The first kappa shape index (κ1) is 20.8. The Morgan fingerprint density at radius 2 is 1.69 bits per heavy atom. The summed E-state index contributed by atoms with van der Waals surface area (Å²) in [4.78, 5) is 17.2. The van der Waals surface area contributed by atoms with E-state index in [2.05, 4.69) is 10.3 Å². The van der Waals surface area contributed by atoms with Crippen LogP contribution >= 0.6 is 34.5 Å². The van der Waals surface area contributed by atoms with Crippen LogP contribution in [0.1, 0.15) is 0 Å². The van der Waals surface area contributed by atoms with E-state index in [1.807, 2.05) is 66.7 Å². The van der Waals surface area contributed by atoms with Crippen LogP contribution in [0, 0.1) is 0 Å². The Bertz CT molecular complexity index is 1430. The van der Waals surface area contributed by atoms with Gasteiger partial charge in [-0.15, -0.1) is 11.3 Å². The minimum Gasteiger partial charge on any atom is -0.484 e. The molecule has 0 radical (unpaired) electrons. The highest BCUT2D eigenvalue weighted by Crippen LogP contribution is 2.38. The van der Waals surface area contributed by atoms with Gasteiger partial charge >= 0.3 is 0 Å². The molecule has 0 atom stereocenters. The van der Waals surface area contributed by atoms with Gasteiger partial charge in [0.1, 0.15) is 10.8 Å². The van der Waals surface area contributed by atoms with Gasteiger partial charge in [-0.2, -0.15) is 0 Å². The molecule has 0 spiro atoms. The molecule has 0 fully saturated rings. The molecule has 0 unspecified atom stereocenters. The van der Waals surface area contributed by atoms with Crippen molar-refractivity contribution < 1.29 is 9.53 Å². The summed E-state index contributed by atoms with van der Waals surface area (Å²) in [6.07, 6.45) is 0. The van der Waals surface area contributed by atoms with Gasteiger partial charge in [0.05, 0.1) is 25.9 Å². The van der Waals surface area contributed by atoms with E-state index in [-0.39, 0.29) is 12.5 Å². The molecular formula is C25H16Cl2N2O2S. The zero-order chi connectivity index (χ0) is 22.1. The first-order valence-electron chi connectivity index (χ1n) is 9.83. The summed E-state index contributed by atoms with van der Waals surface area (Å²) in [5.41, 5.74) is 2.06. The van der Waals surface area contributed by atoms with Crippen LogP contribution in [0.3, 0.4) is 0 Å². The summed E-state index contributed by atoms with van der Waals surface area (Å²) >= 11 is 14.3. The normalized spacial score (nSPS) is 11.1. The summed E-state index contributed by atoms with van der Waals surface area (Å²) in [6, 6.07) is 24.9. The monoisotopic (exact) mass is 478 g/mol. The van der Waals surface area contributed by atoms with Crippen LogP contribution < -0.4 is 10.1 Å². The van der Waals surface area contributed by atoms with Gasteiger partial charge in [-0.05, 0) is 47.2 Å². The van der Waals surface area contributed by atoms with Crippen molar-refractivity contribution in [2.24, 2.45) is 0 Å². The summed E-state index contributed by atoms with van der Waals surface area (Å²) in [5.74, 6) is 0.300. The topological polar surface area (TPSA) is 51.2 Å². The number of benzene rings is 4. The summed E-state index contributed by atoms with van der Waals surface area (Å²) in [6.45, 7) is -0.145. The largest absolute Gasteiger partial charge is 0.484 e. The molecule has 1 aromatic heterocycles. The van der Waals surface area contributed by atoms with Crippen LogP contribution in [0.4, 0.5) is 5.69 Å². The number of fused-ring (bicyclic) bond motifs is 2. The third-order valence-corrected chi connectivity index (χ3v) is 6.64. The highest BCUT2D eigenvalue weighted by Gasteiger charge is 2.15. The molecule has 0 saturated carbocycles. The molecule has 158 valence electrons. The van der Waals surface area contributed by atoms with Crippen LogP contribution in [0.15, 0.2) is 78.9 Å². The van der Waals surface area contributed by atoms with E-state index in [0.29, 0.717) is 27.0 Å². The van der Waals surface area contributed by atoms with Crippen molar-refractivity contribution in [2.75, 3.05) is 11.9 Å². The predicted octanol–water partition coefficient (Wildman–Crippen LogP) is 7.44. The molecule has 1 heterocycles. The van der Waals surface area contributed by atoms with Crippen LogP contribution in [-0.2, 0) is 4.79 Å². The molecule has 5 rings (SSSR count). The van der Waals surface area contributed by atoms with Gasteiger partial charge in [0.15, 0.2) is 6.61 Å². The SMILES string of the molecule is O=C(COc1ccc2ccccc2c1)Nc1cc(-c2nc3ccccc3s2)c(Cl)cc1Cl. The number of amides is 1. The average Bonchev–Trinajstić information content (AvgIpc) is 3.23. The molecular weight excluding hydrogens is 463 g/mol. The number of hydrogen-bond donors (Lipinski definition) is 1. The number of nitrogens with zero attached hydrogens (tertiary/aromatic N) is 1. The van der Waals surface area contributed by atoms with E-state index in [0.717, 1.165) is 26.0 Å². The first-order valence-corrected chi connectivity index (χ1v) is 11.4. The molecule has 0 saturated heterocycles. The van der Waals surface area contributed by atoms with Crippen LogP contribution in [0.5, 0.6) is 5.75 Å². The fraction of sp³-hybridized carbons (Fsp3) is 0.0400. The van der Waals surface area contributed by atoms with Gasteiger partial charge < -0.3 is 10.1 Å². The summed E-state index contributed by atoms with van der Waals surface area (Å²) in [5, 5.41) is 6.55. The molecule has 5 aromatic rings. The van der Waals surface area contributed by atoms with E-state index in [4.69, 9.17) is 27.9 Å². The maximum atomic E-state index is 12.5. The van der Waals surface area contributed by atoms with E-state index < -0.39 is 0 Å². The van der Waals surface area contributed by atoms with E-state index in [9.17, 15) is 4.79 Å². The first-order chi connectivity index (χ1) is 15.6. The molecule has 4 nitrogen and oxygen atoms in total. The maximum absolute atomic E-state index is 12.5. The third-order valence-electron chi connectivity index (χ3n) is 4.95. The Labute approximate surface area is 198 Å². The standard InChI is InChI=1S/C25H16Cl2N2O2S/c26-19-13-20(27)22(12-18(19)25-29-21-7-3-4-8-23(21)32-25)28-24(30)14-31-17-10-9-15-5-1-2-6-16(15)11-17/h1-13H,14H2,(H,28,30). The van der Waals surface area contributed by atoms with Crippen molar-refractivity contribution in [1.29, 1.82) is 0 Å². The lowest BCUT2D eigenvalue weighted by molar-refractivity contribution is -0.118. The molecule has 7 heteroatoms. The Kier molecular flexibility index (Phi) is 5.70.